The summed E-state index contributed by atoms with van der Waals surface area (Å²) in [5.41, 5.74) is 0.765. The van der Waals surface area contributed by atoms with E-state index < -0.39 is 19.2 Å². The summed E-state index contributed by atoms with van der Waals surface area (Å²) in [5.74, 6) is 0.985. The molecule has 0 heterocycles. The molecule has 1 unspecified atom stereocenters. The van der Waals surface area contributed by atoms with Crippen molar-refractivity contribution in [2.75, 3.05) is 35.5 Å². The van der Waals surface area contributed by atoms with Gasteiger partial charge in [-0.1, -0.05) is 32.6 Å². The third kappa shape index (κ3) is 7.48. The molecule has 1 rings (SSSR count). The van der Waals surface area contributed by atoms with Crippen LogP contribution in [0.5, 0.6) is 11.5 Å². The Morgan fingerprint density at radius 1 is 0.938 bits per heavy atom. The minimum absolute atomic E-state index is 0.0966. The summed E-state index contributed by atoms with van der Waals surface area (Å²) in [7, 11) is 3.47. The molecule has 2 atom stereocenters. The predicted molar refractivity (Wildman–Crippen MR) is 124 cm³/mol. The molecule has 1 N–H and O–H groups in total. The van der Waals surface area contributed by atoms with Crippen molar-refractivity contribution >= 4 is 13.6 Å². The highest BCUT2D eigenvalue weighted by Gasteiger charge is 2.40. The van der Waals surface area contributed by atoms with Gasteiger partial charge in [0.1, 0.15) is 11.5 Å². The highest BCUT2D eigenvalue weighted by Crippen LogP contribution is 2.53. The number of unbranched alkanes of at least 4 members (excludes halogenated alkanes) is 2. The summed E-state index contributed by atoms with van der Waals surface area (Å²) in [6.45, 7) is 2.05. The van der Waals surface area contributed by atoms with Crippen molar-refractivity contribution in [1.82, 2.24) is 0 Å². The summed E-state index contributed by atoms with van der Waals surface area (Å²) in [6, 6.07) is 3.69. The van der Waals surface area contributed by atoms with E-state index in [9.17, 15) is 14.5 Å². The van der Waals surface area contributed by atoms with Crippen LogP contribution in [-0.4, -0.2) is 52.3 Å². The van der Waals surface area contributed by atoms with Crippen molar-refractivity contribution in [2.45, 2.75) is 70.1 Å². The molecule has 0 aromatic heterocycles. The molecule has 0 saturated carbocycles. The van der Waals surface area contributed by atoms with Crippen molar-refractivity contribution in [2.24, 2.45) is 0 Å². The van der Waals surface area contributed by atoms with E-state index >= 15 is 0 Å². The summed E-state index contributed by atoms with van der Waals surface area (Å²) in [6.07, 6.45) is 5.68. The van der Waals surface area contributed by atoms with Crippen LogP contribution in [0.2, 0.25) is 0 Å². The van der Waals surface area contributed by atoms with Gasteiger partial charge in [0.25, 0.3) is 0 Å². The Hall–Kier alpha value is -1.60. The average molecular weight is 475 g/mol. The number of ether oxygens (including phenoxy) is 3. The van der Waals surface area contributed by atoms with E-state index in [2.05, 4.69) is 6.92 Å². The van der Waals surface area contributed by atoms with Crippen molar-refractivity contribution in [1.29, 1.82) is 0 Å². The monoisotopic (exact) mass is 474 g/mol. The fourth-order valence-corrected chi connectivity index (χ4v) is 5.49. The number of rotatable bonds is 16. The minimum Gasteiger partial charge on any atom is -0.496 e. The van der Waals surface area contributed by atoms with Gasteiger partial charge in [-0.25, -0.2) is 0 Å². The summed E-state index contributed by atoms with van der Waals surface area (Å²) < 4.78 is 38.9. The molecule has 0 spiro atoms. The van der Waals surface area contributed by atoms with E-state index in [4.69, 9.17) is 23.3 Å². The van der Waals surface area contributed by atoms with E-state index in [0.29, 0.717) is 24.3 Å². The fraction of sp³-hybridized carbons (Fsp3) is 0.696. The van der Waals surface area contributed by atoms with Gasteiger partial charge in [0.05, 0.1) is 27.9 Å². The molecule has 1 aromatic carbocycles. The lowest BCUT2D eigenvalue weighted by Gasteiger charge is -2.24. The molecule has 0 aliphatic carbocycles. The Morgan fingerprint density at radius 3 is 1.91 bits per heavy atom. The van der Waals surface area contributed by atoms with Gasteiger partial charge in [-0.3, -0.25) is 9.36 Å². The second kappa shape index (κ2) is 14.5. The lowest BCUT2D eigenvalue weighted by molar-refractivity contribution is -0.140. The van der Waals surface area contributed by atoms with Crippen LogP contribution in [0.25, 0.3) is 0 Å². The number of aliphatic hydroxyl groups is 1. The average Bonchev–Trinajstić information content (AvgIpc) is 2.83. The van der Waals surface area contributed by atoms with Gasteiger partial charge < -0.3 is 28.4 Å². The van der Waals surface area contributed by atoms with Crippen LogP contribution in [-0.2, 0) is 29.8 Å². The van der Waals surface area contributed by atoms with Crippen LogP contribution >= 0.6 is 7.60 Å². The Labute approximate surface area is 192 Å². The highest BCUT2D eigenvalue weighted by atomic mass is 31.2. The van der Waals surface area contributed by atoms with Crippen molar-refractivity contribution in [3.63, 3.8) is 0 Å². The number of hydrogen-bond donors (Lipinski definition) is 1. The van der Waals surface area contributed by atoms with Crippen LogP contribution < -0.4 is 9.47 Å². The summed E-state index contributed by atoms with van der Waals surface area (Å²) in [4.78, 5) is 12.2. The lowest BCUT2D eigenvalue weighted by Crippen LogP contribution is -2.24. The zero-order chi connectivity index (χ0) is 24.1. The van der Waals surface area contributed by atoms with Crippen molar-refractivity contribution in [3.8, 4) is 11.5 Å². The molecular weight excluding hydrogens is 435 g/mol. The molecule has 0 fully saturated rings. The van der Waals surface area contributed by atoms with E-state index in [1.807, 2.05) is 12.1 Å². The standard InChI is InChI=1S/C23H39O8P/c1-7-8-11-18(22-19(27-2)14-17(16-24)15-20(22)28-3)12-9-10-13-21(23(25)29-4)32(26,30-5)31-6/h14-15,18,21,24H,7-13,16H2,1-6H3/t18-,21?/m0/s1. The number of carbonyl (C=O) groups excluding carboxylic acids is 1. The predicted octanol–water partition coefficient (Wildman–Crippen LogP) is 5.06. The number of carbonyl (C=O) groups is 1. The first-order valence-corrected chi connectivity index (χ1v) is 12.6. The molecule has 0 radical (unpaired) electrons. The zero-order valence-corrected chi connectivity index (χ0v) is 21.1. The largest absolute Gasteiger partial charge is 0.496 e. The number of methoxy groups -OCH3 is 3. The molecule has 0 saturated heterocycles. The molecule has 0 aliphatic heterocycles. The van der Waals surface area contributed by atoms with Crippen molar-refractivity contribution in [3.05, 3.63) is 23.3 Å². The van der Waals surface area contributed by atoms with Crippen LogP contribution in [0.15, 0.2) is 12.1 Å². The highest BCUT2D eigenvalue weighted by molar-refractivity contribution is 7.55. The van der Waals surface area contributed by atoms with Gasteiger partial charge in [-0.05, 0) is 42.9 Å². The smallest absolute Gasteiger partial charge is 0.344 e. The maximum absolute atomic E-state index is 12.8. The van der Waals surface area contributed by atoms with Crippen LogP contribution in [0.3, 0.4) is 0 Å². The van der Waals surface area contributed by atoms with Crippen molar-refractivity contribution < 1.29 is 37.7 Å². The Balaban J connectivity index is 3.03. The van der Waals surface area contributed by atoms with E-state index in [1.165, 1.54) is 21.3 Å². The number of hydrogen-bond acceptors (Lipinski definition) is 8. The van der Waals surface area contributed by atoms with Crippen LogP contribution in [0, 0.1) is 0 Å². The van der Waals surface area contributed by atoms with E-state index in [0.717, 1.165) is 43.2 Å². The summed E-state index contributed by atoms with van der Waals surface area (Å²) in [5, 5.41) is 9.55. The second-order valence-electron chi connectivity index (χ2n) is 7.64. The lowest BCUT2D eigenvalue weighted by atomic mass is 9.86. The molecule has 0 amide bonds. The SMILES string of the molecule is CCCC[C@@H](CCCCC(C(=O)OC)P(=O)(OC)OC)c1c(OC)cc(CO)cc1OC. The van der Waals surface area contributed by atoms with E-state index in [-0.39, 0.29) is 12.5 Å². The first kappa shape index (κ1) is 28.4. The van der Waals surface area contributed by atoms with Gasteiger partial charge in [-0.2, -0.15) is 0 Å². The molecule has 184 valence electrons. The molecular formula is C23H39O8P. The molecule has 1 aromatic rings. The third-order valence-corrected chi connectivity index (χ3v) is 8.00. The third-order valence-electron chi connectivity index (χ3n) is 5.74. The molecule has 8 nitrogen and oxygen atoms in total. The molecule has 0 aliphatic rings. The topological polar surface area (TPSA) is 101 Å². The quantitative estimate of drug-likeness (QED) is 0.202. The Kier molecular flexibility index (Phi) is 12.9. The minimum atomic E-state index is -3.58. The second-order valence-corrected chi connectivity index (χ2v) is 10.1. The first-order chi connectivity index (χ1) is 15.3. The van der Waals surface area contributed by atoms with Crippen LogP contribution in [0.4, 0.5) is 0 Å². The fourth-order valence-electron chi connectivity index (χ4n) is 3.97. The van der Waals surface area contributed by atoms with Gasteiger partial charge in [0.15, 0.2) is 5.66 Å². The molecule has 9 heteroatoms. The van der Waals surface area contributed by atoms with Gasteiger partial charge in [0.2, 0.25) is 0 Å². The maximum Gasteiger partial charge on any atom is 0.344 e. The molecule has 32 heavy (non-hydrogen) atoms. The number of aliphatic hydroxyl groups excluding tert-OH is 1. The van der Waals surface area contributed by atoms with Gasteiger partial charge in [0, 0.05) is 19.8 Å². The first-order valence-electron chi connectivity index (χ1n) is 11.0. The molecule has 0 bridgehead atoms. The number of benzene rings is 1. The van der Waals surface area contributed by atoms with Gasteiger partial charge in [-0.15, -0.1) is 0 Å². The van der Waals surface area contributed by atoms with Gasteiger partial charge >= 0.3 is 13.6 Å². The maximum atomic E-state index is 12.8. The Morgan fingerprint density at radius 2 is 1.47 bits per heavy atom. The van der Waals surface area contributed by atoms with Crippen LogP contribution in [0.1, 0.15) is 68.9 Å². The number of esters is 1. The summed E-state index contributed by atoms with van der Waals surface area (Å²) >= 11 is 0. The zero-order valence-electron chi connectivity index (χ0n) is 20.2. The normalized spacial score (nSPS) is 13.5. The Bertz CT molecular complexity index is 719. The van der Waals surface area contributed by atoms with E-state index in [1.54, 1.807) is 14.2 Å².